The van der Waals surface area contributed by atoms with Gasteiger partial charge < -0.3 is 55.2 Å². The van der Waals surface area contributed by atoms with Crippen molar-refractivity contribution in [3.05, 3.63) is 234 Å². The van der Waals surface area contributed by atoms with E-state index in [0.29, 0.717) is 166 Å². The summed E-state index contributed by atoms with van der Waals surface area (Å²) >= 11 is 0. The van der Waals surface area contributed by atoms with Gasteiger partial charge in [-0.05, 0) is 234 Å². The summed E-state index contributed by atoms with van der Waals surface area (Å²) in [5, 5.41) is 97.9. The molecule has 34 heteroatoms. The maximum absolute atomic E-state index is 12.8. The molecule has 10 aliphatic rings. The van der Waals surface area contributed by atoms with E-state index in [4.69, 9.17) is 18.3 Å². The second-order valence-corrected chi connectivity index (χ2v) is 41.0. The van der Waals surface area contributed by atoms with Crippen molar-refractivity contribution in [2.75, 3.05) is 7.11 Å². The number of ketones is 4. The summed E-state index contributed by atoms with van der Waals surface area (Å²) in [6.45, 7) is 4.21. The fraction of sp³-hybridized carbons (Fsp3) is 0.442. The van der Waals surface area contributed by atoms with Gasteiger partial charge in [0.15, 0.2) is 23.1 Å². The minimum atomic E-state index is -0.552. The first-order valence-corrected chi connectivity index (χ1v) is 51.8. The molecule has 752 valence electrons. The van der Waals surface area contributed by atoms with Gasteiger partial charge in [-0.25, -0.2) is 9.36 Å². The van der Waals surface area contributed by atoms with Gasteiger partial charge in [0.2, 0.25) is 35.2 Å². The van der Waals surface area contributed by atoms with Gasteiger partial charge in [-0.1, -0.05) is 143 Å². The molecule has 5 saturated carbocycles. The monoisotopic (exact) mass is 1970 g/mol. The van der Waals surface area contributed by atoms with E-state index < -0.39 is 6.04 Å². The number of aryl methyl sites for hydroxylation is 2. The number of carbonyl (C=O) groups is 5. The predicted octanol–water partition coefficient (Wildman–Crippen LogP) is 15.0. The van der Waals surface area contributed by atoms with Crippen LogP contribution in [-0.4, -0.2) is 173 Å². The van der Waals surface area contributed by atoms with Crippen LogP contribution >= 0.6 is 0 Å². The Morgan fingerprint density at radius 2 is 0.741 bits per heavy atom. The van der Waals surface area contributed by atoms with Crippen molar-refractivity contribution in [1.82, 2.24) is 102 Å². The van der Waals surface area contributed by atoms with Crippen molar-refractivity contribution >= 4 is 39.9 Å². The number of fused-ring (bicyclic) bond motifs is 11. The first-order valence-electron chi connectivity index (χ1n) is 51.8. The molecule has 0 spiro atoms. The maximum atomic E-state index is 12.8. The van der Waals surface area contributed by atoms with Crippen LogP contribution in [0.25, 0.3) is 79.0 Å². The Labute approximate surface area is 852 Å². The summed E-state index contributed by atoms with van der Waals surface area (Å²) in [4.78, 5) is 83.4. The SMILES string of the molecule is CCc1nc(-c2ccc(C[C@@H](C#N)CC(=O)[C@H]3N[C@@H]4CC[C@H]3C4)cc2)no1.CCc1nc(-c2ccc(C[C@@H](C#N)CC(=O)[C@H]3N[C@@H]4CC[C@H]3C4)cc2)no1.COCc1nc(-c2ccc(C[C@@H](C#N)CC(=O)[C@H]3N[C@@H]4CC[C@H]3C4)cc2)no1.N#C[C@@H](CC(=O)[C@H]1N[C@@H]2CC[C@H]1C2)Cc1ccc(-n2cc(-c3ccc4[nH]ccc4c3)nn2)cc1.N#C[C@H](Cc1ccc(-n2cc(-c3ccncc3)nn2)cc1)NC(=O)[C@H]1N[C@@H]2CC[C@H]1C2. The number of H-pyrrole nitrogens is 1. The van der Waals surface area contributed by atoms with Crippen molar-refractivity contribution in [3.63, 3.8) is 0 Å². The van der Waals surface area contributed by atoms with Gasteiger partial charge >= 0.3 is 0 Å². The standard InChI is InChI=1S/C27H26N6O.C23H23N7O.C21H24N4O3.2C21H24N4O2/c28-15-18(12-26(34)27-21-3-5-22(14-21)30-27)11-17-1-6-23(7-2-17)33-16-25(31-32-33)19-4-8-24-20(13-19)9-10-29-24;24-13-19(27-23(31)22-17-3-4-18(12-17)26-22)11-15-1-5-20(6-2-15)30-14-21(28-29-30)16-7-9-25-10-8-16;1-27-12-19-24-21(25-28-19)15-4-2-13(3-5-15)8-14(11-22)9-18(26)20-16-6-7-17(10-16)23-20;2*1-2-19-24-21(25-27-19)15-5-3-13(4-6-15)9-14(12-22)10-18(26)20-16-7-8-17(11-16)23-20/h1-2,4,6-10,13,16,18,21-22,27,29-30H,3,5,11-12,14H2;1-2,5-10,14,17-19,22,26H,3-4,11-12H2,(H,27,31);2-5,14,16-17,20,23H,6-10,12H2,1H3;2*3-6,14,16-17,20,23H,2,7-11H2,1H3/t18-,21+,22-,27+;17-,18+,19-,22-;3*14-,16+,17-,20+/m10111/s1. The number of amides is 1. The molecule has 7 aromatic heterocycles. The molecule has 0 unspecified atom stereocenters. The number of aromatic nitrogens is 14. The summed E-state index contributed by atoms with van der Waals surface area (Å²) in [7, 11) is 1.57. The van der Waals surface area contributed by atoms with Crippen molar-refractivity contribution < 1.29 is 42.3 Å². The van der Waals surface area contributed by atoms with Crippen LogP contribution in [0.15, 0.2) is 202 Å². The Morgan fingerprint density at radius 3 is 1.07 bits per heavy atom. The van der Waals surface area contributed by atoms with E-state index >= 15 is 0 Å². The van der Waals surface area contributed by atoms with Gasteiger partial charge in [0.1, 0.15) is 24.0 Å². The lowest BCUT2D eigenvalue weighted by atomic mass is 9.88. The van der Waals surface area contributed by atoms with E-state index in [2.05, 4.69) is 129 Å². The fourth-order valence-electron chi connectivity index (χ4n) is 23.2. The van der Waals surface area contributed by atoms with Gasteiger partial charge in [-0.2, -0.15) is 41.3 Å². The Hall–Kier alpha value is -14.9. The molecule has 5 aliphatic heterocycles. The topological polar surface area (TPSA) is 493 Å². The van der Waals surface area contributed by atoms with Crippen molar-refractivity contribution in [1.29, 1.82) is 26.3 Å². The van der Waals surface area contributed by atoms with Crippen LogP contribution in [0.2, 0.25) is 0 Å². The van der Waals surface area contributed by atoms with Crippen LogP contribution in [0.5, 0.6) is 0 Å². The van der Waals surface area contributed by atoms with Gasteiger partial charge in [0.25, 0.3) is 5.89 Å². The maximum Gasteiger partial charge on any atom is 0.252 e. The molecule has 20 atom stereocenters. The number of aromatic amines is 1. The van der Waals surface area contributed by atoms with Crippen LogP contribution in [0.1, 0.15) is 181 Å². The number of nitrogens with zero attached hydrogens (tertiary/aromatic N) is 18. The molecule has 0 radical (unpaired) electrons. The van der Waals surface area contributed by atoms with Crippen molar-refractivity contribution in [3.8, 4) is 98.4 Å². The van der Waals surface area contributed by atoms with Crippen LogP contribution < -0.4 is 31.9 Å². The number of hydrogen-bond acceptors (Lipinski definition) is 30. The lowest BCUT2D eigenvalue weighted by Crippen LogP contribution is -2.50. The zero-order valence-electron chi connectivity index (χ0n) is 82.8. The summed E-state index contributed by atoms with van der Waals surface area (Å²) in [6, 6.07) is 64.3. The summed E-state index contributed by atoms with van der Waals surface area (Å²) in [6.07, 6.45) is 31.6. The molecular formula is C113H121N25O9. The highest BCUT2D eigenvalue weighted by molar-refractivity contribution is 5.88. The first kappa shape index (κ1) is 101. The highest BCUT2D eigenvalue weighted by atomic mass is 16.5. The van der Waals surface area contributed by atoms with Crippen LogP contribution in [0.3, 0.4) is 0 Å². The second-order valence-electron chi connectivity index (χ2n) is 41.0. The van der Waals surface area contributed by atoms with E-state index in [9.17, 15) is 50.3 Å². The minimum Gasteiger partial charge on any atom is -0.375 e. The molecule has 7 N–H and O–H groups in total. The highest BCUT2D eigenvalue weighted by Crippen LogP contribution is 2.42. The third-order valence-electron chi connectivity index (χ3n) is 31.0. The molecule has 5 aliphatic carbocycles. The average Bonchev–Trinajstić information content (AvgIpc) is 1.66. The van der Waals surface area contributed by atoms with E-state index in [0.717, 1.165) is 160 Å². The Bertz CT molecular complexity index is 6820. The summed E-state index contributed by atoms with van der Waals surface area (Å²) in [5.41, 5.74) is 14.2. The number of nitrogens with one attached hydrogen (secondary N) is 7. The number of carbonyl (C=O) groups excluding carboxylic acids is 5. The number of nitriles is 5. The third-order valence-corrected chi connectivity index (χ3v) is 31.0. The van der Waals surface area contributed by atoms with E-state index in [1.54, 1.807) is 28.9 Å². The lowest BCUT2D eigenvalue weighted by Gasteiger charge is -2.23. The summed E-state index contributed by atoms with van der Waals surface area (Å²) in [5.74, 6) is 5.15. The quantitative estimate of drug-likeness (QED) is 0.0194. The molecule has 5 saturated heterocycles. The molecule has 12 heterocycles. The van der Waals surface area contributed by atoms with Crippen molar-refractivity contribution in [2.45, 2.75) is 254 Å². The molecule has 6 aromatic carbocycles. The van der Waals surface area contributed by atoms with E-state index in [1.165, 1.54) is 25.7 Å². The molecule has 147 heavy (non-hydrogen) atoms. The Morgan fingerprint density at radius 1 is 0.401 bits per heavy atom. The van der Waals surface area contributed by atoms with Crippen LogP contribution in [0, 0.1) is 110 Å². The molecule has 10 bridgehead atoms. The van der Waals surface area contributed by atoms with Gasteiger partial charge in [0, 0.05) is 140 Å². The normalized spacial score (nSPS) is 23.6. The predicted molar refractivity (Wildman–Crippen MR) is 543 cm³/mol. The number of Topliss-reactive ketones (excluding diaryl/α,β-unsaturated/α-hetero) is 4. The van der Waals surface area contributed by atoms with Gasteiger partial charge in [-0.15, -0.1) is 10.2 Å². The largest absolute Gasteiger partial charge is 0.375 e. The average molecular weight is 1970 g/mol. The number of methoxy groups -OCH3 is 1. The molecule has 34 nitrogen and oxygen atoms in total. The molecule has 23 rings (SSSR count). The second kappa shape index (κ2) is 47.1. The first-order chi connectivity index (χ1) is 71.8. The van der Waals surface area contributed by atoms with Crippen LogP contribution in [-0.2, 0) is 80.3 Å². The highest BCUT2D eigenvalue weighted by Gasteiger charge is 2.48. The number of hydrogen-bond donors (Lipinski definition) is 7. The lowest BCUT2D eigenvalue weighted by molar-refractivity contribution is -0.125. The molecule has 1 amide bonds. The summed E-state index contributed by atoms with van der Waals surface area (Å²) < 4.78 is 23.9. The number of pyridine rings is 1. The molecular weight excluding hydrogens is 1850 g/mol. The van der Waals surface area contributed by atoms with Crippen molar-refractivity contribution in [2.24, 2.45) is 53.3 Å². The Balaban J connectivity index is 0.000000116. The van der Waals surface area contributed by atoms with E-state index in [1.807, 2.05) is 184 Å². The van der Waals surface area contributed by atoms with Gasteiger partial charge in [0.05, 0.1) is 108 Å². The fourth-order valence-corrected chi connectivity index (χ4v) is 23.2. The number of rotatable bonds is 35. The minimum absolute atomic E-state index is 0.0343. The third kappa shape index (κ3) is 24.7. The molecule has 13 aromatic rings. The zero-order chi connectivity index (χ0) is 101. The number of piperidine rings is 5. The molecule has 10 fully saturated rings. The van der Waals surface area contributed by atoms with E-state index in [-0.39, 0.29) is 89.5 Å². The van der Waals surface area contributed by atoms with Crippen LogP contribution in [0.4, 0.5) is 0 Å². The Kier molecular flexibility index (Phi) is 32.3. The smallest absolute Gasteiger partial charge is 0.252 e. The van der Waals surface area contributed by atoms with Gasteiger partial charge in [-0.3, -0.25) is 29.0 Å². The number of benzene rings is 6. The zero-order valence-corrected chi connectivity index (χ0v) is 82.8. The number of ether oxygens (including phenoxy) is 1.